The third kappa shape index (κ3) is 5.44. The van der Waals surface area contributed by atoms with Gasteiger partial charge in [-0.05, 0) is 63.3 Å². The van der Waals surface area contributed by atoms with Gasteiger partial charge in [-0.1, -0.05) is 23.9 Å². The predicted octanol–water partition coefficient (Wildman–Crippen LogP) is 4.64. The van der Waals surface area contributed by atoms with E-state index in [1.807, 2.05) is 42.7 Å². The van der Waals surface area contributed by atoms with Crippen molar-refractivity contribution < 1.29 is 19.1 Å². The second kappa shape index (κ2) is 11.1. The molecule has 0 spiro atoms. The SMILES string of the molecule is CCOC(=O)c1c(NC(=O)CSc2nnc(COc3cccc(C)c3)n2CC)sc2c1CCC2. The van der Waals surface area contributed by atoms with Gasteiger partial charge in [-0.2, -0.15) is 0 Å². The van der Waals surface area contributed by atoms with E-state index in [0.29, 0.717) is 41.3 Å². The van der Waals surface area contributed by atoms with Crippen LogP contribution in [0.4, 0.5) is 5.00 Å². The molecule has 4 rings (SSSR count). The van der Waals surface area contributed by atoms with Gasteiger partial charge in [-0.25, -0.2) is 4.79 Å². The van der Waals surface area contributed by atoms with Crippen molar-refractivity contribution in [2.75, 3.05) is 17.7 Å². The molecule has 2 heterocycles. The number of hydrogen-bond acceptors (Lipinski definition) is 8. The summed E-state index contributed by atoms with van der Waals surface area (Å²) in [5.41, 5.74) is 2.67. The summed E-state index contributed by atoms with van der Waals surface area (Å²) >= 11 is 2.79. The number of thioether (sulfide) groups is 1. The van der Waals surface area contributed by atoms with E-state index in [4.69, 9.17) is 9.47 Å². The lowest BCUT2D eigenvalue weighted by Gasteiger charge is -2.10. The van der Waals surface area contributed by atoms with Crippen molar-refractivity contribution in [3.05, 3.63) is 51.7 Å². The highest BCUT2D eigenvalue weighted by Gasteiger charge is 2.28. The number of anilines is 1. The standard InChI is InChI=1S/C24H28N4O4S2/c1-4-28-19(13-32-16-9-6-8-15(3)12-16)26-27-24(28)33-14-20(29)25-22-21(23(30)31-5-2)17-10-7-11-18(17)34-22/h6,8-9,12H,4-5,7,10-11,13-14H2,1-3H3,(H,25,29). The molecule has 0 fully saturated rings. The summed E-state index contributed by atoms with van der Waals surface area (Å²) in [6.07, 6.45) is 2.81. The van der Waals surface area contributed by atoms with E-state index in [0.717, 1.165) is 41.0 Å². The number of aryl methyl sites for hydroxylation is 2. The second-order valence-electron chi connectivity index (χ2n) is 7.87. The Kier molecular flexibility index (Phi) is 7.89. The Hall–Kier alpha value is -2.85. The Balaban J connectivity index is 1.39. The zero-order chi connectivity index (χ0) is 24.1. The van der Waals surface area contributed by atoms with Crippen LogP contribution in [0.1, 0.15) is 52.5 Å². The Bertz CT molecular complexity index is 1190. The van der Waals surface area contributed by atoms with Crippen LogP contribution in [0, 0.1) is 6.92 Å². The number of esters is 1. The Morgan fingerprint density at radius 3 is 2.85 bits per heavy atom. The zero-order valence-electron chi connectivity index (χ0n) is 19.6. The maximum atomic E-state index is 12.7. The number of aromatic nitrogens is 3. The summed E-state index contributed by atoms with van der Waals surface area (Å²) in [5, 5.41) is 12.7. The van der Waals surface area contributed by atoms with E-state index in [1.54, 1.807) is 6.92 Å². The first-order valence-corrected chi connectivity index (χ1v) is 13.2. The van der Waals surface area contributed by atoms with Crippen LogP contribution in [0.5, 0.6) is 5.75 Å². The van der Waals surface area contributed by atoms with Crippen LogP contribution < -0.4 is 10.1 Å². The minimum Gasteiger partial charge on any atom is -0.486 e. The van der Waals surface area contributed by atoms with Crippen molar-refractivity contribution in [1.82, 2.24) is 14.8 Å². The number of benzene rings is 1. The Morgan fingerprint density at radius 1 is 1.24 bits per heavy atom. The topological polar surface area (TPSA) is 95.3 Å². The Labute approximate surface area is 207 Å². The highest BCUT2D eigenvalue weighted by atomic mass is 32.2. The number of rotatable bonds is 10. The van der Waals surface area contributed by atoms with Gasteiger partial charge >= 0.3 is 5.97 Å². The van der Waals surface area contributed by atoms with Crippen LogP contribution in [0.25, 0.3) is 0 Å². The minimum atomic E-state index is -0.367. The molecule has 0 radical (unpaired) electrons. The minimum absolute atomic E-state index is 0.154. The summed E-state index contributed by atoms with van der Waals surface area (Å²) in [4.78, 5) is 26.4. The molecule has 3 aromatic rings. The highest BCUT2D eigenvalue weighted by Crippen LogP contribution is 2.39. The molecule has 0 aliphatic heterocycles. The average molecular weight is 501 g/mol. The smallest absolute Gasteiger partial charge is 0.341 e. The maximum absolute atomic E-state index is 12.7. The number of amides is 1. The van der Waals surface area contributed by atoms with Gasteiger partial charge in [0.15, 0.2) is 11.0 Å². The van der Waals surface area contributed by atoms with Crippen LogP contribution in [-0.4, -0.2) is 39.0 Å². The van der Waals surface area contributed by atoms with Crippen LogP contribution >= 0.6 is 23.1 Å². The number of hydrogen-bond donors (Lipinski definition) is 1. The van der Waals surface area contributed by atoms with Gasteiger partial charge in [0.25, 0.3) is 0 Å². The molecule has 1 aliphatic carbocycles. The molecule has 1 aliphatic rings. The molecule has 2 aromatic heterocycles. The predicted molar refractivity (Wildman–Crippen MR) is 133 cm³/mol. The number of fused-ring (bicyclic) bond motifs is 1. The molecule has 180 valence electrons. The third-order valence-corrected chi connectivity index (χ3v) is 7.63. The van der Waals surface area contributed by atoms with E-state index in [-0.39, 0.29) is 17.6 Å². The Morgan fingerprint density at radius 2 is 2.09 bits per heavy atom. The number of thiophene rings is 1. The molecule has 0 saturated heterocycles. The summed E-state index contributed by atoms with van der Waals surface area (Å²) in [6.45, 7) is 7.05. The van der Waals surface area contributed by atoms with E-state index in [2.05, 4.69) is 15.5 Å². The van der Waals surface area contributed by atoms with Crippen molar-refractivity contribution >= 4 is 40.0 Å². The zero-order valence-corrected chi connectivity index (χ0v) is 21.2. The van der Waals surface area contributed by atoms with Gasteiger partial charge in [0, 0.05) is 11.4 Å². The molecule has 10 heteroatoms. The average Bonchev–Trinajstić information content (AvgIpc) is 3.50. The van der Waals surface area contributed by atoms with Crippen molar-refractivity contribution in [2.45, 2.75) is 58.3 Å². The summed E-state index contributed by atoms with van der Waals surface area (Å²) in [6, 6.07) is 7.84. The van der Waals surface area contributed by atoms with Gasteiger partial charge in [0.05, 0.1) is 17.9 Å². The number of nitrogens with zero attached hydrogens (tertiary/aromatic N) is 3. The molecule has 8 nitrogen and oxygen atoms in total. The number of carbonyl (C=O) groups excluding carboxylic acids is 2. The van der Waals surface area contributed by atoms with Crippen molar-refractivity contribution in [3.8, 4) is 5.75 Å². The summed E-state index contributed by atoms with van der Waals surface area (Å²) in [7, 11) is 0. The third-order valence-electron chi connectivity index (χ3n) is 5.45. The molecule has 1 aromatic carbocycles. The van der Waals surface area contributed by atoms with E-state index >= 15 is 0 Å². The van der Waals surface area contributed by atoms with Crippen molar-refractivity contribution in [2.24, 2.45) is 0 Å². The monoisotopic (exact) mass is 500 g/mol. The fourth-order valence-corrected chi connectivity index (χ4v) is 6.02. The maximum Gasteiger partial charge on any atom is 0.341 e. The summed E-state index contributed by atoms with van der Waals surface area (Å²) < 4.78 is 13.0. The van der Waals surface area contributed by atoms with Gasteiger partial charge in [-0.15, -0.1) is 21.5 Å². The number of ether oxygens (including phenoxy) is 2. The van der Waals surface area contributed by atoms with Crippen LogP contribution in [0.2, 0.25) is 0 Å². The molecular formula is C24H28N4O4S2. The lowest BCUT2D eigenvalue weighted by Crippen LogP contribution is -2.17. The number of nitrogens with one attached hydrogen (secondary N) is 1. The largest absolute Gasteiger partial charge is 0.486 e. The van der Waals surface area contributed by atoms with Crippen molar-refractivity contribution in [1.29, 1.82) is 0 Å². The molecule has 34 heavy (non-hydrogen) atoms. The molecular weight excluding hydrogens is 472 g/mol. The first kappa shape index (κ1) is 24.3. The van der Waals surface area contributed by atoms with Crippen LogP contribution in [0.3, 0.4) is 0 Å². The number of carbonyl (C=O) groups is 2. The lowest BCUT2D eigenvalue weighted by molar-refractivity contribution is -0.113. The molecule has 0 bridgehead atoms. The molecule has 1 N–H and O–H groups in total. The highest BCUT2D eigenvalue weighted by molar-refractivity contribution is 7.99. The van der Waals surface area contributed by atoms with Crippen LogP contribution in [-0.2, 0) is 35.5 Å². The lowest BCUT2D eigenvalue weighted by atomic mass is 10.1. The van der Waals surface area contributed by atoms with Gasteiger partial charge in [-0.3, -0.25) is 4.79 Å². The molecule has 0 atom stereocenters. The molecule has 0 saturated carbocycles. The fraction of sp³-hybridized carbons (Fsp3) is 0.417. The van der Waals surface area contributed by atoms with Crippen molar-refractivity contribution in [3.63, 3.8) is 0 Å². The quantitative estimate of drug-likeness (QED) is 0.320. The fourth-order valence-electron chi connectivity index (χ4n) is 3.91. The first-order valence-electron chi connectivity index (χ1n) is 11.4. The van der Waals surface area contributed by atoms with Crippen LogP contribution in [0.15, 0.2) is 29.4 Å². The first-order chi connectivity index (χ1) is 16.5. The van der Waals surface area contributed by atoms with E-state index in [9.17, 15) is 9.59 Å². The van der Waals surface area contributed by atoms with E-state index < -0.39 is 0 Å². The van der Waals surface area contributed by atoms with E-state index in [1.165, 1.54) is 23.1 Å². The normalized spacial score (nSPS) is 12.4. The summed E-state index contributed by atoms with van der Waals surface area (Å²) in [5.74, 6) is 1.07. The second-order valence-corrected chi connectivity index (χ2v) is 9.91. The molecule has 1 amide bonds. The molecule has 0 unspecified atom stereocenters. The van der Waals surface area contributed by atoms with Gasteiger partial charge in [0.1, 0.15) is 17.4 Å². The van der Waals surface area contributed by atoms with Gasteiger partial charge in [0.2, 0.25) is 5.91 Å². The van der Waals surface area contributed by atoms with Gasteiger partial charge < -0.3 is 19.4 Å².